The third kappa shape index (κ3) is 4.01. The van der Waals surface area contributed by atoms with Crippen LogP contribution in [0.1, 0.15) is 24.0 Å². The summed E-state index contributed by atoms with van der Waals surface area (Å²) in [6.07, 6.45) is 5.49. The molecule has 0 bridgehead atoms. The van der Waals surface area contributed by atoms with Crippen molar-refractivity contribution in [2.75, 3.05) is 25.5 Å². The number of nitrogens with zero attached hydrogens (tertiary/aromatic N) is 3. The number of hydrogen-bond donors (Lipinski definition) is 2. The van der Waals surface area contributed by atoms with E-state index in [4.69, 9.17) is 5.73 Å². The normalized spacial score (nSPS) is 16.2. The predicted octanol–water partition coefficient (Wildman–Crippen LogP) is 1.26. The van der Waals surface area contributed by atoms with E-state index < -0.39 is 0 Å². The quantitative estimate of drug-likeness (QED) is 0.864. The summed E-state index contributed by atoms with van der Waals surface area (Å²) >= 11 is 0. The highest BCUT2D eigenvalue weighted by Gasteiger charge is 2.18. The molecule has 1 aliphatic rings. The zero-order chi connectivity index (χ0) is 16.9. The van der Waals surface area contributed by atoms with Crippen molar-refractivity contribution in [2.24, 2.45) is 5.73 Å². The highest BCUT2D eigenvalue weighted by molar-refractivity contribution is 5.33. The van der Waals surface area contributed by atoms with Crippen LogP contribution in [0.3, 0.4) is 0 Å². The molecule has 3 N–H and O–H groups in total. The van der Waals surface area contributed by atoms with Gasteiger partial charge in [-0.1, -0.05) is 24.3 Å². The lowest BCUT2D eigenvalue weighted by molar-refractivity contribution is 0.263. The molecule has 0 spiro atoms. The number of hydrogen-bond acceptors (Lipinski definition) is 5. The molecule has 1 fully saturated rings. The molecule has 2 heterocycles. The van der Waals surface area contributed by atoms with Crippen LogP contribution in [-0.2, 0) is 13.1 Å². The van der Waals surface area contributed by atoms with Gasteiger partial charge in [-0.2, -0.15) is 0 Å². The van der Waals surface area contributed by atoms with E-state index in [2.05, 4.69) is 22.2 Å². The highest BCUT2D eigenvalue weighted by atomic mass is 16.1. The van der Waals surface area contributed by atoms with E-state index in [0.717, 1.165) is 37.1 Å². The van der Waals surface area contributed by atoms with Crippen molar-refractivity contribution in [2.45, 2.75) is 32.0 Å². The van der Waals surface area contributed by atoms with Gasteiger partial charge >= 0.3 is 0 Å². The second kappa shape index (κ2) is 7.59. The smallest absolute Gasteiger partial charge is 0.293 e. The predicted molar refractivity (Wildman–Crippen MR) is 96.1 cm³/mol. The lowest BCUT2D eigenvalue weighted by Crippen LogP contribution is -2.38. The van der Waals surface area contributed by atoms with Crippen molar-refractivity contribution in [3.05, 3.63) is 58.1 Å². The summed E-state index contributed by atoms with van der Waals surface area (Å²) in [5.74, 6) is 0.450. The molecule has 1 saturated heterocycles. The molecule has 0 radical (unpaired) electrons. The number of aromatic nitrogens is 2. The van der Waals surface area contributed by atoms with Crippen LogP contribution in [0, 0.1) is 0 Å². The van der Waals surface area contributed by atoms with E-state index in [0.29, 0.717) is 24.9 Å². The van der Waals surface area contributed by atoms with E-state index in [1.165, 1.54) is 0 Å². The molecule has 3 rings (SSSR count). The second-order valence-electron chi connectivity index (χ2n) is 6.45. The van der Waals surface area contributed by atoms with Gasteiger partial charge in [-0.15, -0.1) is 0 Å². The van der Waals surface area contributed by atoms with Gasteiger partial charge in [0, 0.05) is 25.0 Å². The Balaban J connectivity index is 1.71. The largest absolute Gasteiger partial charge is 0.363 e. The van der Waals surface area contributed by atoms with Crippen LogP contribution < -0.4 is 16.6 Å². The van der Waals surface area contributed by atoms with Gasteiger partial charge in [-0.3, -0.25) is 4.79 Å². The van der Waals surface area contributed by atoms with Gasteiger partial charge in [0.05, 0.1) is 6.54 Å². The first-order chi connectivity index (χ1) is 11.7. The van der Waals surface area contributed by atoms with E-state index in [1.807, 2.05) is 24.3 Å². The minimum absolute atomic E-state index is 0.0701. The third-order valence-corrected chi connectivity index (χ3v) is 4.58. The van der Waals surface area contributed by atoms with Gasteiger partial charge in [0.2, 0.25) is 0 Å². The molecule has 0 amide bonds. The van der Waals surface area contributed by atoms with Gasteiger partial charge in [0.1, 0.15) is 0 Å². The lowest BCUT2D eigenvalue weighted by Gasteiger charge is -2.29. The molecule has 1 aromatic carbocycles. The fraction of sp³-hybridized carbons (Fsp3) is 0.444. The molecule has 0 aliphatic carbocycles. The van der Waals surface area contributed by atoms with Crippen LogP contribution >= 0.6 is 0 Å². The van der Waals surface area contributed by atoms with Gasteiger partial charge < -0.3 is 20.5 Å². The van der Waals surface area contributed by atoms with Gasteiger partial charge in [0.15, 0.2) is 5.82 Å². The number of likely N-dealkylation sites (tertiary alicyclic amines) is 1. The number of nitrogens with one attached hydrogen (secondary N) is 1. The van der Waals surface area contributed by atoms with Crippen LogP contribution in [0.25, 0.3) is 0 Å². The molecule has 128 valence electrons. The SMILES string of the molecule is CN1CCC(Nc2nccn(Cc3ccc(CN)cc3)c2=O)CC1. The molecule has 6 nitrogen and oxygen atoms in total. The van der Waals surface area contributed by atoms with Crippen molar-refractivity contribution in [1.29, 1.82) is 0 Å². The van der Waals surface area contributed by atoms with E-state index >= 15 is 0 Å². The fourth-order valence-electron chi connectivity index (χ4n) is 2.99. The van der Waals surface area contributed by atoms with Crippen LogP contribution in [0.2, 0.25) is 0 Å². The summed E-state index contributed by atoms with van der Waals surface area (Å²) in [7, 11) is 2.12. The standard InChI is InChI=1S/C18H25N5O/c1-22-9-6-16(7-10-22)21-17-18(24)23(11-8-20-17)13-15-4-2-14(12-19)3-5-15/h2-5,8,11,16H,6-7,9-10,12-13,19H2,1H3,(H,20,21). The average Bonchev–Trinajstić information content (AvgIpc) is 2.61. The monoisotopic (exact) mass is 327 g/mol. The van der Waals surface area contributed by atoms with Gasteiger partial charge in [-0.05, 0) is 44.1 Å². The maximum atomic E-state index is 12.6. The van der Waals surface area contributed by atoms with Crippen molar-refractivity contribution in [3.63, 3.8) is 0 Å². The number of anilines is 1. The maximum absolute atomic E-state index is 12.6. The number of benzene rings is 1. The summed E-state index contributed by atoms with van der Waals surface area (Å²) < 4.78 is 1.70. The third-order valence-electron chi connectivity index (χ3n) is 4.58. The van der Waals surface area contributed by atoms with Crippen molar-refractivity contribution >= 4 is 5.82 Å². The first-order valence-electron chi connectivity index (χ1n) is 8.44. The van der Waals surface area contributed by atoms with Crippen LogP contribution in [0.4, 0.5) is 5.82 Å². The summed E-state index contributed by atoms with van der Waals surface area (Å²) in [5, 5.41) is 3.33. The lowest BCUT2D eigenvalue weighted by atomic mass is 10.1. The Labute approximate surface area is 142 Å². The molecule has 0 atom stereocenters. The maximum Gasteiger partial charge on any atom is 0.293 e. The Bertz CT molecular complexity index is 717. The molecule has 1 aromatic heterocycles. The zero-order valence-corrected chi connectivity index (χ0v) is 14.1. The first kappa shape index (κ1) is 16.7. The molecular formula is C18H25N5O. The Hall–Kier alpha value is -2.18. The van der Waals surface area contributed by atoms with Crippen LogP contribution in [-0.4, -0.2) is 40.6 Å². The Kier molecular flexibility index (Phi) is 5.27. The average molecular weight is 327 g/mol. The van der Waals surface area contributed by atoms with E-state index in [1.54, 1.807) is 17.0 Å². The van der Waals surface area contributed by atoms with E-state index in [-0.39, 0.29) is 5.56 Å². The number of piperidine rings is 1. The minimum atomic E-state index is -0.0701. The number of rotatable bonds is 5. The summed E-state index contributed by atoms with van der Waals surface area (Å²) in [6, 6.07) is 8.35. The molecule has 6 heteroatoms. The minimum Gasteiger partial charge on any atom is -0.363 e. The van der Waals surface area contributed by atoms with Crippen molar-refractivity contribution in [1.82, 2.24) is 14.5 Å². The second-order valence-corrected chi connectivity index (χ2v) is 6.45. The van der Waals surface area contributed by atoms with Crippen molar-refractivity contribution in [3.8, 4) is 0 Å². The van der Waals surface area contributed by atoms with Crippen LogP contribution in [0.15, 0.2) is 41.5 Å². The summed E-state index contributed by atoms with van der Waals surface area (Å²) in [4.78, 5) is 19.2. The summed E-state index contributed by atoms with van der Waals surface area (Å²) in [5.41, 5.74) is 7.71. The Morgan fingerprint density at radius 3 is 2.54 bits per heavy atom. The van der Waals surface area contributed by atoms with Crippen molar-refractivity contribution < 1.29 is 0 Å². The molecule has 0 saturated carbocycles. The summed E-state index contributed by atoms with van der Waals surface area (Å²) in [6.45, 7) is 3.16. The zero-order valence-electron chi connectivity index (χ0n) is 14.1. The Morgan fingerprint density at radius 1 is 1.21 bits per heavy atom. The molecular weight excluding hydrogens is 302 g/mol. The van der Waals surface area contributed by atoms with Gasteiger partial charge in [-0.25, -0.2) is 4.98 Å². The molecule has 0 unspecified atom stereocenters. The first-order valence-corrected chi connectivity index (χ1v) is 8.44. The molecule has 2 aromatic rings. The molecule has 1 aliphatic heterocycles. The number of nitrogens with two attached hydrogens (primary N) is 1. The van der Waals surface area contributed by atoms with E-state index in [9.17, 15) is 4.79 Å². The molecule has 24 heavy (non-hydrogen) atoms. The fourth-order valence-corrected chi connectivity index (χ4v) is 2.99. The van der Waals surface area contributed by atoms with Gasteiger partial charge in [0.25, 0.3) is 5.56 Å². The van der Waals surface area contributed by atoms with Crippen LogP contribution in [0.5, 0.6) is 0 Å². The highest BCUT2D eigenvalue weighted by Crippen LogP contribution is 2.12. The topological polar surface area (TPSA) is 76.2 Å². The Morgan fingerprint density at radius 2 is 1.88 bits per heavy atom.